The lowest BCUT2D eigenvalue weighted by atomic mass is 10.3. The topological polar surface area (TPSA) is 111 Å². The number of phenols is 1. The monoisotopic (exact) mass is 301 g/mol. The van der Waals surface area contributed by atoms with Crippen LogP contribution in [0.4, 0.5) is 0 Å². The second kappa shape index (κ2) is 5.85. The van der Waals surface area contributed by atoms with Gasteiger partial charge in [0.1, 0.15) is 11.4 Å². The Hall–Kier alpha value is -2.88. The van der Waals surface area contributed by atoms with E-state index in [1.165, 1.54) is 4.68 Å². The molecule has 2 heterocycles. The van der Waals surface area contributed by atoms with Crippen LogP contribution in [0.5, 0.6) is 5.75 Å². The van der Waals surface area contributed by atoms with Crippen LogP contribution in [-0.4, -0.2) is 71.1 Å². The SMILES string of the molecule is CN(C)CCn1nnnc1-c1nnnn1-c1ccccc1O. The summed E-state index contributed by atoms with van der Waals surface area (Å²) >= 11 is 0. The van der Waals surface area contributed by atoms with E-state index < -0.39 is 0 Å². The second-order valence-corrected chi connectivity index (χ2v) is 4.93. The third-order valence-corrected chi connectivity index (χ3v) is 3.07. The molecule has 0 bridgehead atoms. The molecule has 3 rings (SSSR count). The minimum atomic E-state index is 0.0726. The molecule has 0 aliphatic carbocycles. The molecule has 0 saturated heterocycles. The summed E-state index contributed by atoms with van der Waals surface area (Å²) in [5.74, 6) is 0.878. The third kappa shape index (κ3) is 2.63. The van der Waals surface area contributed by atoms with Crippen LogP contribution >= 0.6 is 0 Å². The molecule has 1 N–H and O–H groups in total. The van der Waals surface area contributed by atoms with Crippen molar-refractivity contribution in [2.24, 2.45) is 0 Å². The number of para-hydroxylation sites is 2. The zero-order chi connectivity index (χ0) is 15.5. The van der Waals surface area contributed by atoms with Crippen molar-refractivity contribution in [1.82, 2.24) is 45.3 Å². The minimum Gasteiger partial charge on any atom is -0.506 e. The van der Waals surface area contributed by atoms with Gasteiger partial charge in [0.05, 0.1) is 6.54 Å². The third-order valence-electron chi connectivity index (χ3n) is 3.07. The van der Waals surface area contributed by atoms with Crippen LogP contribution in [0.2, 0.25) is 0 Å². The van der Waals surface area contributed by atoms with Crippen LogP contribution in [0.15, 0.2) is 24.3 Å². The van der Waals surface area contributed by atoms with Crippen LogP contribution < -0.4 is 0 Å². The Balaban J connectivity index is 2.00. The summed E-state index contributed by atoms with van der Waals surface area (Å²) in [5.41, 5.74) is 0.463. The summed E-state index contributed by atoms with van der Waals surface area (Å²) < 4.78 is 3.04. The Labute approximate surface area is 126 Å². The molecule has 10 nitrogen and oxygen atoms in total. The zero-order valence-electron chi connectivity index (χ0n) is 12.2. The lowest BCUT2D eigenvalue weighted by molar-refractivity contribution is 0.371. The average molecular weight is 301 g/mol. The lowest BCUT2D eigenvalue weighted by Gasteiger charge is -2.10. The molecular weight excluding hydrogens is 286 g/mol. The van der Waals surface area contributed by atoms with Gasteiger partial charge in [0.25, 0.3) is 0 Å². The molecule has 10 heteroatoms. The van der Waals surface area contributed by atoms with Crippen molar-refractivity contribution >= 4 is 0 Å². The van der Waals surface area contributed by atoms with Crippen LogP contribution in [-0.2, 0) is 6.54 Å². The quantitative estimate of drug-likeness (QED) is 0.676. The molecule has 0 radical (unpaired) electrons. The fraction of sp³-hybridized carbons (Fsp3) is 0.333. The summed E-state index contributed by atoms with van der Waals surface area (Å²) in [7, 11) is 3.94. The first-order chi connectivity index (χ1) is 10.7. The second-order valence-electron chi connectivity index (χ2n) is 4.93. The summed E-state index contributed by atoms with van der Waals surface area (Å²) in [4.78, 5) is 2.03. The van der Waals surface area contributed by atoms with Crippen LogP contribution in [0.3, 0.4) is 0 Å². The van der Waals surface area contributed by atoms with E-state index in [0.717, 1.165) is 6.54 Å². The van der Waals surface area contributed by atoms with E-state index in [4.69, 9.17) is 0 Å². The van der Waals surface area contributed by atoms with Gasteiger partial charge in [-0.25, -0.2) is 4.68 Å². The Morgan fingerprint density at radius 3 is 2.55 bits per heavy atom. The molecule has 0 aliphatic heterocycles. The summed E-state index contributed by atoms with van der Waals surface area (Å²) in [5, 5.41) is 33.2. The predicted octanol–water partition coefficient (Wildman–Crippen LogP) is -0.417. The first kappa shape index (κ1) is 14.1. The summed E-state index contributed by atoms with van der Waals surface area (Å²) in [6.07, 6.45) is 0. The van der Waals surface area contributed by atoms with Gasteiger partial charge < -0.3 is 10.0 Å². The Bertz CT molecular complexity index is 763. The molecule has 0 aliphatic rings. The molecule has 0 amide bonds. The van der Waals surface area contributed by atoms with Crippen molar-refractivity contribution in [1.29, 1.82) is 0 Å². The molecule has 22 heavy (non-hydrogen) atoms. The van der Waals surface area contributed by atoms with E-state index in [0.29, 0.717) is 23.9 Å². The van der Waals surface area contributed by atoms with E-state index in [-0.39, 0.29) is 5.75 Å². The molecule has 1 aromatic carbocycles. The molecule has 0 atom stereocenters. The van der Waals surface area contributed by atoms with E-state index in [1.807, 2.05) is 19.0 Å². The van der Waals surface area contributed by atoms with Crippen LogP contribution in [0.25, 0.3) is 17.3 Å². The van der Waals surface area contributed by atoms with Gasteiger partial charge in [-0.1, -0.05) is 12.1 Å². The number of aromatic nitrogens is 8. The van der Waals surface area contributed by atoms with Gasteiger partial charge in [0.15, 0.2) is 0 Å². The summed E-state index contributed by atoms with van der Waals surface area (Å²) in [6.45, 7) is 1.37. The van der Waals surface area contributed by atoms with Gasteiger partial charge in [0, 0.05) is 6.54 Å². The van der Waals surface area contributed by atoms with E-state index in [2.05, 4.69) is 31.1 Å². The maximum atomic E-state index is 9.97. The molecular formula is C12H15N9O. The minimum absolute atomic E-state index is 0.0726. The maximum absolute atomic E-state index is 9.97. The molecule has 2 aromatic heterocycles. The van der Waals surface area contributed by atoms with Crippen LogP contribution in [0, 0.1) is 0 Å². The molecule has 0 saturated carbocycles. The Morgan fingerprint density at radius 2 is 1.77 bits per heavy atom. The van der Waals surface area contributed by atoms with Gasteiger partial charge in [0.2, 0.25) is 11.6 Å². The fourth-order valence-corrected chi connectivity index (χ4v) is 1.94. The number of phenolic OH excluding ortho intramolecular Hbond substituents is 1. The van der Waals surface area contributed by atoms with E-state index >= 15 is 0 Å². The highest BCUT2D eigenvalue weighted by Crippen LogP contribution is 2.23. The van der Waals surface area contributed by atoms with Gasteiger partial charge in [-0.05, 0) is 47.1 Å². The highest BCUT2D eigenvalue weighted by Gasteiger charge is 2.19. The van der Waals surface area contributed by atoms with Gasteiger partial charge >= 0.3 is 0 Å². The number of aromatic hydroxyl groups is 1. The molecule has 0 spiro atoms. The number of tetrazole rings is 2. The van der Waals surface area contributed by atoms with Gasteiger partial charge in [-0.2, -0.15) is 4.68 Å². The average Bonchev–Trinajstić information content (AvgIpc) is 3.14. The van der Waals surface area contributed by atoms with Crippen molar-refractivity contribution in [3.05, 3.63) is 24.3 Å². The lowest BCUT2D eigenvalue weighted by Crippen LogP contribution is -2.20. The number of rotatable bonds is 5. The number of hydrogen-bond acceptors (Lipinski definition) is 8. The van der Waals surface area contributed by atoms with Crippen LogP contribution in [0.1, 0.15) is 0 Å². The van der Waals surface area contributed by atoms with Crippen molar-refractivity contribution < 1.29 is 5.11 Å². The molecule has 0 unspecified atom stereocenters. The molecule has 114 valence electrons. The Kier molecular flexibility index (Phi) is 3.74. The number of likely N-dealkylation sites (N-methyl/N-ethyl adjacent to an activating group) is 1. The van der Waals surface area contributed by atoms with Crippen molar-refractivity contribution in [3.8, 4) is 23.1 Å². The first-order valence-electron chi connectivity index (χ1n) is 6.65. The van der Waals surface area contributed by atoms with Gasteiger partial charge in [-0.15, -0.1) is 10.2 Å². The molecule has 3 aromatic rings. The molecule has 0 fully saturated rings. The largest absolute Gasteiger partial charge is 0.506 e. The highest BCUT2D eigenvalue weighted by atomic mass is 16.3. The number of nitrogens with zero attached hydrogens (tertiary/aromatic N) is 9. The first-order valence-corrected chi connectivity index (χ1v) is 6.65. The fourth-order valence-electron chi connectivity index (χ4n) is 1.94. The number of benzene rings is 1. The maximum Gasteiger partial charge on any atom is 0.226 e. The van der Waals surface area contributed by atoms with E-state index in [1.54, 1.807) is 28.9 Å². The van der Waals surface area contributed by atoms with Crippen molar-refractivity contribution in [2.45, 2.75) is 6.54 Å². The number of hydrogen-bond donors (Lipinski definition) is 1. The van der Waals surface area contributed by atoms with E-state index in [9.17, 15) is 5.11 Å². The van der Waals surface area contributed by atoms with Crippen molar-refractivity contribution in [2.75, 3.05) is 20.6 Å². The smallest absolute Gasteiger partial charge is 0.226 e. The zero-order valence-corrected chi connectivity index (χ0v) is 12.2. The standard InChI is InChI=1S/C12H15N9O/c1-19(2)7-8-20-11(13-15-17-20)12-14-16-18-21(12)9-5-3-4-6-10(9)22/h3-6,22H,7-8H2,1-2H3. The summed E-state index contributed by atoms with van der Waals surface area (Å²) in [6, 6.07) is 6.79. The van der Waals surface area contributed by atoms with Gasteiger partial charge in [-0.3, -0.25) is 0 Å². The van der Waals surface area contributed by atoms with Crippen molar-refractivity contribution in [3.63, 3.8) is 0 Å². The predicted molar refractivity (Wildman–Crippen MR) is 76.2 cm³/mol. The Morgan fingerprint density at radius 1 is 1.05 bits per heavy atom. The normalized spacial score (nSPS) is 11.2. The highest BCUT2D eigenvalue weighted by molar-refractivity contribution is 5.52.